The highest BCUT2D eigenvalue weighted by Gasteiger charge is 2.27. The number of hydrogen-bond acceptors (Lipinski definition) is 6. The number of ether oxygens (including phenoxy) is 4. The molecule has 0 saturated carbocycles. The summed E-state index contributed by atoms with van der Waals surface area (Å²) in [7, 11) is 2.24. The van der Waals surface area contributed by atoms with E-state index in [4.69, 9.17) is 36.5 Å². The molecule has 0 aliphatic carbocycles. The Balaban J connectivity index is 0.000000934. The Kier molecular flexibility index (Phi) is 10.3. The number of fused-ring (bicyclic) bond motifs is 2. The number of benzene rings is 4. The molecule has 8 nitrogen and oxygen atoms in total. The van der Waals surface area contributed by atoms with Gasteiger partial charge in [-0.15, -0.1) is 0 Å². The van der Waals surface area contributed by atoms with Gasteiger partial charge in [0.05, 0.1) is 28.4 Å². The fourth-order valence-electron chi connectivity index (χ4n) is 6.25. The van der Waals surface area contributed by atoms with Crippen LogP contribution in [0.25, 0.3) is 32.7 Å². The minimum Gasteiger partial charge on any atom is -0.495 e. The summed E-state index contributed by atoms with van der Waals surface area (Å²) < 4.78 is 55.7. The van der Waals surface area contributed by atoms with E-state index in [1.165, 1.54) is 22.1 Å². The van der Waals surface area contributed by atoms with Crippen LogP contribution < -0.4 is 18.9 Å². The highest BCUT2D eigenvalue weighted by molar-refractivity contribution is 7.79. The van der Waals surface area contributed by atoms with Crippen LogP contribution in [0.1, 0.15) is 72.9 Å². The maximum Gasteiger partial charge on any atom is 0.394 e. The van der Waals surface area contributed by atoms with Crippen LogP contribution in [0.5, 0.6) is 23.0 Å². The number of hydrogen-bond donors (Lipinski definition) is 2. The van der Waals surface area contributed by atoms with E-state index in [0.29, 0.717) is 11.7 Å². The van der Waals surface area contributed by atoms with Gasteiger partial charge >= 0.3 is 10.4 Å². The van der Waals surface area contributed by atoms with Gasteiger partial charge in [-0.1, -0.05) is 39.8 Å². The van der Waals surface area contributed by atoms with Crippen LogP contribution in [0.4, 0.5) is 0 Å². The summed E-state index contributed by atoms with van der Waals surface area (Å²) in [6.45, 7) is 17.6. The molecule has 0 saturated heterocycles. The van der Waals surface area contributed by atoms with E-state index < -0.39 is 10.4 Å². The predicted octanol–water partition coefficient (Wildman–Crippen LogP) is 8.52. The molecular weight excluding hydrogens is 568 g/mol. The molecule has 0 atom stereocenters. The second kappa shape index (κ2) is 13.0. The zero-order valence-corrected chi connectivity index (χ0v) is 28.0. The molecular formula is C34H44O8S. The maximum absolute atomic E-state index is 8.74. The number of aryl methyl sites for hydroxylation is 3. The third-order valence-corrected chi connectivity index (χ3v) is 7.95. The van der Waals surface area contributed by atoms with E-state index in [-0.39, 0.29) is 5.92 Å². The molecule has 234 valence electrons. The van der Waals surface area contributed by atoms with Crippen molar-refractivity contribution in [2.45, 2.75) is 67.2 Å². The zero-order valence-electron chi connectivity index (χ0n) is 27.2. The summed E-state index contributed by atoms with van der Waals surface area (Å²) in [6.07, 6.45) is 0. The summed E-state index contributed by atoms with van der Waals surface area (Å²) in [4.78, 5) is 0. The zero-order chi connectivity index (χ0) is 32.5. The second-order valence-corrected chi connectivity index (χ2v) is 12.3. The van der Waals surface area contributed by atoms with Crippen LogP contribution >= 0.6 is 0 Å². The van der Waals surface area contributed by atoms with Crippen molar-refractivity contribution in [2.75, 3.05) is 28.4 Å². The first kappa shape index (κ1) is 34.0. The first-order valence-electron chi connectivity index (χ1n) is 14.1. The molecule has 0 radical (unpaired) electrons. The first-order valence-corrected chi connectivity index (χ1v) is 15.5. The van der Waals surface area contributed by atoms with Crippen LogP contribution in [0.2, 0.25) is 0 Å². The van der Waals surface area contributed by atoms with E-state index in [9.17, 15) is 0 Å². The van der Waals surface area contributed by atoms with Gasteiger partial charge < -0.3 is 18.9 Å². The molecule has 0 aliphatic rings. The third-order valence-electron chi connectivity index (χ3n) is 7.95. The monoisotopic (exact) mass is 612 g/mol. The molecule has 0 aromatic heterocycles. The summed E-state index contributed by atoms with van der Waals surface area (Å²) in [5, 5.41) is 4.50. The van der Waals surface area contributed by atoms with E-state index in [0.717, 1.165) is 61.2 Å². The normalized spacial score (nSPS) is 11.6. The van der Waals surface area contributed by atoms with Crippen molar-refractivity contribution < 1.29 is 36.5 Å². The Morgan fingerprint density at radius 2 is 0.930 bits per heavy atom. The van der Waals surface area contributed by atoms with E-state index >= 15 is 0 Å². The maximum atomic E-state index is 8.74. The van der Waals surface area contributed by atoms with Crippen LogP contribution in [0.3, 0.4) is 0 Å². The van der Waals surface area contributed by atoms with Crippen LogP contribution in [-0.4, -0.2) is 46.0 Å². The van der Waals surface area contributed by atoms with Gasteiger partial charge in [0, 0.05) is 27.5 Å². The molecule has 4 aromatic carbocycles. The van der Waals surface area contributed by atoms with E-state index in [2.05, 4.69) is 73.6 Å². The van der Waals surface area contributed by atoms with Crippen molar-refractivity contribution in [3.8, 4) is 34.1 Å². The molecule has 0 bridgehead atoms. The van der Waals surface area contributed by atoms with Crippen molar-refractivity contribution >= 4 is 31.9 Å². The van der Waals surface area contributed by atoms with Crippen LogP contribution in [0.15, 0.2) is 24.3 Å². The lowest BCUT2D eigenvalue weighted by Gasteiger charge is -2.25. The Hall–Kier alpha value is -3.53. The van der Waals surface area contributed by atoms with E-state index in [1.807, 2.05) is 6.07 Å². The lowest BCUT2D eigenvalue weighted by molar-refractivity contribution is 0.351. The van der Waals surface area contributed by atoms with Gasteiger partial charge in [-0.3, -0.25) is 9.11 Å². The van der Waals surface area contributed by atoms with Gasteiger partial charge in [0.2, 0.25) is 0 Å². The quantitative estimate of drug-likeness (QED) is 0.200. The van der Waals surface area contributed by atoms with E-state index in [1.54, 1.807) is 28.4 Å². The van der Waals surface area contributed by atoms with Gasteiger partial charge in [-0.25, -0.2) is 0 Å². The van der Waals surface area contributed by atoms with Gasteiger partial charge in [0.15, 0.2) is 11.5 Å². The topological polar surface area (TPSA) is 112 Å². The predicted molar refractivity (Wildman–Crippen MR) is 174 cm³/mol. The number of rotatable bonds is 7. The molecule has 0 fully saturated rings. The SMILES string of the molecule is COc1cc2c(OC)c(-c3c(C)cc4c(C(C)C)c(C)c(C)cc4c3OC)c(C)cc2c(C(C)C)c1OC.O=S(=O)(O)O. The molecule has 4 rings (SSSR count). The van der Waals surface area contributed by atoms with Crippen molar-refractivity contribution in [2.24, 2.45) is 0 Å². The first-order chi connectivity index (χ1) is 20.0. The molecule has 0 unspecified atom stereocenters. The fraction of sp³-hybridized carbons (Fsp3) is 0.412. The minimum absolute atomic E-state index is 0.232. The average molecular weight is 613 g/mol. The third kappa shape index (κ3) is 6.54. The van der Waals surface area contributed by atoms with Gasteiger partial charge in [-0.2, -0.15) is 8.42 Å². The summed E-state index contributed by atoms with van der Waals surface area (Å²) in [5.41, 5.74) is 9.51. The summed E-state index contributed by atoms with van der Waals surface area (Å²) in [5.74, 6) is 3.81. The molecule has 0 amide bonds. The van der Waals surface area contributed by atoms with Crippen molar-refractivity contribution in [3.63, 3.8) is 0 Å². The average Bonchev–Trinajstić information content (AvgIpc) is 2.90. The molecule has 2 N–H and O–H groups in total. The summed E-state index contributed by atoms with van der Waals surface area (Å²) in [6, 6.07) is 8.89. The van der Waals surface area contributed by atoms with Crippen molar-refractivity contribution in [1.29, 1.82) is 0 Å². The minimum atomic E-state index is -4.67. The van der Waals surface area contributed by atoms with Gasteiger partial charge in [-0.05, 0) is 90.3 Å². The smallest absolute Gasteiger partial charge is 0.394 e. The van der Waals surface area contributed by atoms with Gasteiger partial charge in [0.25, 0.3) is 0 Å². The molecule has 4 aromatic rings. The Morgan fingerprint density at radius 3 is 1.30 bits per heavy atom. The highest BCUT2D eigenvalue weighted by Crippen LogP contribution is 2.52. The van der Waals surface area contributed by atoms with Crippen molar-refractivity contribution in [1.82, 2.24) is 0 Å². The summed E-state index contributed by atoms with van der Waals surface area (Å²) >= 11 is 0. The Morgan fingerprint density at radius 1 is 0.558 bits per heavy atom. The highest BCUT2D eigenvalue weighted by atomic mass is 32.3. The lowest BCUT2D eigenvalue weighted by Crippen LogP contribution is -2.04. The Labute approximate surface area is 255 Å². The number of methoxy groups -OCH3 is 4. The van der Waals surface area contributed by atoms with Crippen LogP contribution in [-0.2, 0) is 10.4 Å². The van der Waals surface area contributed by atoms with Crippen molar-refractivity contribution in [3.05, 3.63) is 57.6 Å². The largest absolute Gasteiger partial charge is 0.495 e. The fourth-order valence-corrected chi connectivity index (χ4v) is 6.25. The molecule has 9 heteroatoms. The molecule has 43 heavy (non-hydrogen) atoms. The van der Waals surface area contributed by atoms with Crippen LogP contribution in [0, 0.1) is 27.7 Å². The standard InChI is InChI=1S/C34H42O4.H2O4S/c1-17(2)28-22(8)19(5)13-25-23(28)14-20(6)30(32(25)36-10)31-21(7)15-24-26(33(31)37-11)16-27(35-9)34(38-12)29(24)18(3)4;1-5(2,3)4/h13-18H,1-12H3;(H2,1,2,3,4). The lowest BCUT2D eigenvalue weighted by atomic mass is 9.83. The van der Waals surface area contributed by atoms with Gasteiger partial charge in [0.1, 0.15) is 11.5 Å². The molecule has 0 aliphatic heterocycles. The Bertz CT molecular complexity index is 1780. The molecule has 0 heterocycles. The molecule has 0 spiro atoms. The second-order valence-electron chi connectivity index (χ2n) is 11.4.